The largest absolute Gasteiger partial charge is 0.341 e. The summed E-state index contributed by atoms with van der Waals surface area (Å²) in [5.41, 5.74) is 1.88. The second-order valence-corrected chi connectivity index (χ2v) is 4.80. The van der Waals surface area contributed by atoms with Crippen LogP contribution in [0.25, 0.3) is 11.0 Å². The van der Waals surface area contributed by atoms with Crippen LogP contribution in [0.4, 0.5) is 0 Å². The molecule has 3 rings (SSSR count). The molecule has 0 saturated heterocycles. The Morgan fingerprint density at radius 3 is 3.06 bits per heavy atom. The van der Waals surface area contributed by atoms with Gasteiger partial charge in [-0.2, -0.15) is 0 Å². The first-order chi connectivity index (χ1) is 7.83. The van der Waals surface area contributed by atoms with Gasteiger partial charge in [0.1, 0.15) is 11.3 Å². The van der Waals surface area contributed by atoms with Crippen molar-refractivity contribution in [3.63, 3.8) is 0 Å². The van der Waals surface area contributed by atoms with Crippen LogP contribution in [-0.2, 0) is 6.54 Å². The van der Waals surface area contributed by atoms with E-state index >= 15 is 0 Å². The summed E-state index contributed by atoms with van der Waals surface area (Å²) in [5, 5.41) is 4.12. The van der Waals surface area contributed by atoms with E-state index in [-0.39, 0.29) is 0 Å². The number of imidazole rings is 1. The van der Waals surface area contributed by atoms with Gasteiger partial charge in [0.25, 0.3) is 0 Å². The zero-order valence-corrected chi connectivity index (χ0v) is 9.72. The van der Waals surface area contributed by atoms with Crippen molar-refractivity contribution in [3.8, 4) is 0 Å². The van der Waals surface area contributed by atoms with Crippen molar-refractivity contribution < 1.29 is 0 Å². The Morgan fingerprint density at radius 1 is 1.44 bits per heavy atom. The molecule has 1 saturated carbocycles. The van der Waals surface area contributed by atoms with Crippen LogP contribution in [0.5, 0.6) is 0 Å². The monoisotopic (exact) mass is 235 g/mol. The molecular weight excluding hydrogens is 222 g/mol. The number of fused-ring (bicyclic) bond motifs is 1. The molecule has 0 bridgehead atoms. The first kappa shape index (κ1) is 10.1. The van der Waals surface area contributed by atoms with E-state index in [0.717, 1.165) is 35.9 Å². The average molecular weight is 236 g/mol. The van der Waals surface area contributed by atoms with E-state index in [1.54, 1.807) is 0 Å². The lowest BCUT2D eigenvalue weighted by molar-refractivity contribution is 0.624. The number of nitrogens with zero attached hydrogens (tertiary/aromatic N) is 1. The smallest absolute Gasteiger partial charge is 0.121 e. The lowest BCUT2D eigenvalue weighted by atomic mass is 10.3. The Hall–Kier alpha value is -1.06. The Bertz CT molecular complexity index is 502. The molecule has 1 aromatic carbocycles. The number of nitrogens with one attached hydrogen (secondary N) is 2. The summed E-state index contributed by atoms with van der Waals surface area (Å²) < 4.78 is 0. The summed E-state index contributed by atoms with van der Waals surface area (Å²) in [6, 6.07) is 5.80. The first-order valence-corrected chi connectivity index (χ1v) is 6.04. The number of aromatic nitrogens is 2. The van der Waals surface area contributed by atoms with Crippen molar-refractivity contribution in [3.05, 3.63) is 29.0 Å². The van der Waals surface area contributed by atoms with Crippen LogP contribution >= 0.6 is 11.6 Å². The highest BCUT2D eigenvalue weighted by molar-refractivity contribution is 6.34. The third kappa shape index (κ3) is 2.06. The van der Waals surface area contributed by atoms with Crippen molar-refractivity contribution in [2.24, 2.45) is 5.92 Å². The van der Waals surface area contributed by atoms with E-state index in [4.69, 9.17) is 11.6 Å². The molecule has 2 aromatic rings. The maximum Gasteiger partial charge on any atom is 0.121 e. The van der Waals surface area contributed by atoms with E-state index in [9.17, 15) is 0 Å². The first-order valence-electron chi connectivity index (χ1n) is 5.67. The Balaban J connectivity index is 1.73. The fourth-order valence-corrected chi connectivity index (χ4v) is 2.07. The van der Waals surface area contributed by atoms with Crippen LogP contribution in [-0.4, -0.2) is 16.5 Å². The van der Waals surface area contributed by atoms with Crippen LogP contribution in [0.3, 0.4) is 0 Å². The summed E-state index contributed by atoms with van der Waals surface area (Å²) in [7, 11) is 0. The van der Waals surface area contributed by atoms with E-state index in [2.05, 4.69) is 15.3 Å². The van der Waals surface area contributed by atoms with Gasteiger partial charge in [-0.05, 0) is 37.4 Å². The molecule has 1 aromatic heterocycles. The molecule has 1 aliphatic rings. The van der Waals surface area contributed by atoms with Gasteiger partial charge in [-0.1, -0.05) is 17.7 Å². The quantitative estimate of drug-likeness (QED) is 0.856. The summed E-state index contributed by atoms with van der Waals surface area (Å²) in [6.07, 6.45) is 2.75. The predicted molar refractivity (Wildman–Crippen MR) is 65.5 cm³/mol. The second kappa shape index (κ2) is 4.07. The van der Waals surface area contributed by atoms with Gasteiger partial charge >= 0.3 is 0 Å². The van der Waals surface area contributed by atoms with Crippen molar-refractivity contribution in [1.82, 2.24) is 15.3 Å². The minimum absolute atomic E-state index is 0.710. The topological polar surface area (TPSA) is 40.7 Å². The molecule has 16 heavy (non-hydrogen) atoms. The number of H-pyrrole nitrogens is 1. The molecule has 0 spiro atoms. The van der Waals surface area contributed by atoms with Crippen LogP contribution in [0.15, 0.2) is 18.2 Å². The van der Waals surface area contributed by atoms with Gasteiger partial charge in [-0.3, -0.25) is 0 Å². The van der Waals surface area contributed by atoms with E-state index < -0.39 is 0 Å². The van der Waals surface area contributed by atoms with Gasteiger partial charge < -0.3 is 10.3 Å². The number of hydrogen-bond donors (Lipinski definition) is 2. The molecular formula is C12H14ClN3. The maximum absolute atomic E-state index is 6.06. The number of aromatic amines is 1. The number of rotatable bonds is 4. The van der Waals surface area contributed by atoms with E-state index in [1.165, 1.54) is 12.8 Å². The highest BCUT2D eigenvalue weighted by Gasteiger charge is 2.20. The summed E-state index contributed by atoms with van der Waals surface area (Å²) >= 11 is 6.06. The Kier molecular flexibility index (Phi) is 2.58. The number of benzene rings is 1. The molecule has 3 nitrogen and oxygen atoms in total. The molecule has 0 unspecified atom stereocenters. The lowest BCUT2D eigenvalue weighted by Crippen LogP contribution is -2.16. The van der Waals surface area contributed by atoms with Gasteiger partial charge in [0.2, 0.25) is 0 Å². The Labute approximate surface area is 99.2 Å². The standard InChI is InChI=1S/C12H14ClN3/c13-9-2-1-3-10-12(9)16-11(15-10)7-14-6-8-4-5-8/h1-3,8,14H,4-7H2,(H,15,16). The second-order valence-electron chi connectivity index (χ2n) is 4.39. The molecule has 1 aliphatic carbocycles. The lowest BCUT2D eigenvalue weighted by Gasteiger charge is -1.98. The molecule has 0 atom stereocenters. The highest BCUT2D eigenvalue weighted by Crippen LogP contribution is 2.27. The van der Waals surface area contributed by atoms with Gasteiger partial charge in [0.15, 0.2) is 0 Å². The molecule has 0 radical (unpaired) electrons. The fourth-order valence-electron chi connectivity index (χ4n) is 1.85. The molecule has 1 fully saturated rings. The van der Waals surface area contributed by atoms with Gasteiger partial charge in [0.05, 0.1) is 17.1 Å². The molecule has 4 heteroatoms. The highest BCUT2D eigenvalue weighted by atomic mass is 35.5. The maximum atomic E-state index is 6.06. The normalized spacial score (nSPS) is 15.8. The minimum atomic E-state index is 0.710. The van der Waals surface area contributed by atoms with E-state index in [1.807, 2.05) is 18.2 Å². The average Bonchev–Trinajstić information content (AvgIpc) is 2.98. The van der Waals surface area contributed by atoms with Crippen LogP contribution < -0.4 is 5.32 Å². The van der Waals surface area contributed by atoms with Crippen LogP contribution in [0.2, 0.25) is 5.02 Å². The number of hydrogen-bond acceptors (Lipinski definition) is 2. The summed E-state index contributed by atoms with van der Waals surface area (Å²) in [5.74, 6) is 1.86. The molecule has 0 aliphatic heterocycles. The number of para-hydroxylation sites is 1. The third-order valence-electron chi connectivity index (χ3n) is 2.93. The minimum Gasteiger partial charge on any atom is -0.341 e. The van der Waals surface area contributed by atoms with Gasteiger partial charge in [0, 0.05) is 0 Å². The van der Waals surface area contributed by atoms with Crippen LogP contribution in [0.1, 0.15) is 18.7 Å². The zero-order valence-electron chi connectivity index (χ0n) is 8.96. The summed E-state index contributed by atoms with van der Waals surface area (Å²) in [6.45, 7) is 1.90. The number of halogens is 1. The van der Waals surface area contributed by atoms with Gasteiger partial charge in [-0.15, -0.1) is 0 Å². The molecule has 84 valence electrons. The molecule has 0 amide bonds. The fraction of sp³-hybridized carbons (Fsp3) is 0.417. The van der Waals surface area contributed by atoms with Crippen molar-refractivity contribution in [2.75, 3.05) is 6.54 Å². The SMILES string of the molecule is Clc1cccc2[nH]c(CNCC3CC3)nc12. The van der Waals surface area contributed by atoms with E-state index in [0.29, 0.717) is 5.02 Å². The van der Waals surface area contributed by atoms with Crippen molar-refractivity contribution in [2.45, 2.75) is 19.4 Å². The van der Waals surface area contributed by atoms with Crippen LogP contribution in [0, 0.1) is 5.92 Å². The third-order valence-corrected chi connectivity index (χ3v) is 3.24. The van der Waals surface area contributed by atoms with Crippen molar-refractivity contribution in [1.29, 1.82) is 0 Å². The molecule has 2 N–H and O–H groups in total. The predicted octanol–water partition coefficient (Wildman–Crippen LogP) is 2.72. The van der Waals surface area contributed by atoms with Crippen molar-refractivity contribution >= 4 is 22.6 Å². The zero-order chi connectivity index (χ0) is 11.0. The molecule has 1 heterocycles. The van der Waals surface area contributed by atoms with Gasteiger partial charge in [-0.25, -0.2) is 4.98 Å². The Morgan fingerprint density at radius 2 is 2.31 bits per heavy atom. The summed E-state index contributed by atoms with van der Waals surface area (Å²) in [4.78, 5) is 7.75.